The predicted molar refractivity (Wildman–Crippen MR) is 53.5 cm³/mol. The predicted octanol–water partition coefficient (Wildman–Crippen LogP) is -0.247. The zero-order valence-corrected chi connectivity index (χ0v) is 8.21. The quantitative estimate of drug-likeness (QED) is 0.710. The maximum Gasteiger partial charge on any atom is 0.261 e. The summed E-state index contributed by atoms with van der Waals surface area (Å²) >= 11 is 0. The minimum Gasteiger partial charge on any atom is -0.383 e. The van der Waals surface area contributed by atoms with E-state index in [1.54, 1.807) is 12.1 Å². The van der Waals surface area contributed by atoms with E-state index in [1.807, 2.05) is 0 Å². The summed E-state index contributed by atoms with van der Waals surface area (Å²) in [7, 11) is 0. The van der Waals surface area contributed by atoms with Crippen molar-refractivity contribution in [3.05, 3.63) is 35.4 Å². The van der Waals surface area contributed by atoms with Crippen molar-refractivity contribution >= 4 is 18.1 Å². The second-order valence-corrected chi connectivity index (χ2v) is 3.40. The average molecular weight is 218 g/mol. The molecule has 16 heavy (non-hydrogen) atoms. The van der Waals surface area contributed by atoms with Crippen LogP contribution in [0.25, 0.3) is 0 Å². The molecule has 0 bridgehead atoms. The molecule has 0 aliphatic carbocycles. The zero-order valence-electron chi connectivity index (χ0n) is 8.21. The van der Waals surface area contributed by atoms with E-state index in [0.29, 0.717) is 11.1 Å². The molecule has 5 heteroatoms. The minimum atomic E-state index is -1.46. The van der Waals surface area contributed by atoms with Crippen LogP contribution >= 0.6 is 0 Å². The number of rotatable bonds is 3. The van der Waals surface area contributed by atoms with Gasteiger partial charge in [0.2, 0.25) is 6.29 Å². The third kappa shape index (κ3) is 1.51. The van der Waals surface area contributed by atoms with E-state index in [-0.39, 0.29) is 6.54 Å². The second-order valence-electron chi connectivity index (χ2n) is 3.40. The molecule has 1 heterocycles. The van der Waals surface area contributed by atoms with Gasteiger partial charge < -0.3 is 5.11 Å². The van der Waals surface area contributed by atoms with Crippen LogP contribution in [-0.4, -0.2) is 40.8 Å². The van der Waals surface area contributed by atoms with Gasteiger partial charge in [-0.2, -0.15) is 0 Å². The number of amides is 2. The van der Waals surface area contributed by atoms with Crippen LogP contribution in [0.2, 0.25) is 0 Å². The lowest BCUT2D eigenvalue weighted by atomic mass is 10.1. The van der Waals surface area contributed by atoms with Gasteiger partial charge in [-0.1, -0.05) is 12.1 Å². The van der Waals surface area contributed by atoms with E-state index >= 15 is 0 Å². The fraction of sp³-hybridized carbons (Fsp3) is 0.182. The summed E-state index contributed by atoms with van der Waals surface area (Å²) in [6.07, 6.45) is -0.137. The Labute approximate surface area is 91.3 Å². The standard InChI is InChI=1S/C11H8NO4/c13-6-7(14)5-12-10(15)8-3-1-2-4-9(8)11(12)16/h1-4,7,14H,5H2. The fourth-order valence-electron chi connectivity index (χ4n) is 1.62. The Bertz CT molecular complexity index is 434. The van der Waals surface area contributed by atoms with Gasteiger partial charge in [0.25, 0.3) is 11.8 Å². The Morgan fingerprint density at radius 2 is 1.69 bits per heavy atom. The molecular formula is C11H8NO4. The molecule has 0 fully saturated rings. The van der Waals surface area contributed by atoms with Gasteiger partial charge in [0.05, 0.1) is 17.7 Å². The lowest BCUT2D eigenvalue weighted by Gasteiger charge is -2.13. The first kappa shape index (κ1) is 10.5. The maximum absolute atomic E-state index is 11.7. The number of aliphatic hydroxyl groups excluding tert-OH is 1. The number of imide groups is 1. The van der Waals surface area contributed by atoms with Crippen molar-refractivity contribution in [2.45, 2.75) is 6.10 Å². The monoisotopic (exact) mass is 218 g/mol. The van der Waals surface area contributed by atoms with E-state index in [9.17, 15) is 14.4 Å². The number of hydrogen-bond donors (Lipinski definition) is 1. The van der Waals surface area contributed by atoms with Gasteiger partial charge >= 0.3 is 0 Å². The second kappa shape index (κ2) is 3.86. The molecule has 1 aliphatic rings. The molecule has 2 rings (SSSR count). The third-order valence-corrected chi connectivity index (χ3v) is 2.37. The van der Waals surface area contributed by atoms with Crippen LogP contribution in [0, 0.1) is 0 Å². The van der Waals surface area contributed by atoms with E-state index < -0.39 is 17.9 Å². The first-order valence-corrected chi connectivity index (χ1v) is 4.66. The normalized spacial score (nSPS) is 16.2. The molecule has 5 nitrogen and oxygen atoms in total. The Hall–Kier alpha value is -2.01. The van der Waals surface area contributed by atoms with E-state index in [1.165, 1.54) is 18.4 Å². The smallest absolute Gasteiger partial charge is 0.261 e. The molecule has 0 spiro atoms. The van der Waals surface area contributed by atoms with Crippen LogP contribution in [0.3, 0.4) is 0 Å². The maximum atomic E-state index is 11.7. The molecule has 1 aliphatic heterocycles. The summed E-state index contributed by atoms with van der Waals surface area (Å²) in [6, 6.07) is 6.37. The molecule has 1 unspecified atom stereocenters. The molecule has 1 radical (unpaired) electrons. The number of carbonyl (C=O) groups is 2. The van der Waals surface area contributed by atoms with Crippen molar-refractivity contribution in [1.29, 1.82) is 0 Å². The lowest BCUT2D eigenvalue weighted by molar-refractivity contribution is 0.0596. The molecule has 0 saturated heterocycles. The molecule has 0 aromatic heterocycles. The molecule has 1 atom stereocenters. The van der Waals surface area contributed by atoms with Crippen molar-refractivity contribution in [2.75, 3.05) is 6.54 Å². The van der Waals surface area contributed by atoms with Crippen molar-refractivity contribution in [1.82, 2.24) is 4.90 Å². The Morgan fingerprint density at radius 3 is 2.12 bits per heavy atom. The number of hydrogen-bond acceptors (Lipinski definition) is 4. The first-order chi connectivity index (χ1) is 7.65. The SMILES string of the molecule is O=[C]C(O)CN1C(=O)c2ccccc2C1=O. The molecule has 81 valence electrons. The van der Waals surface area contributed by atoms with E-state index in [4.69, 9.17) is 5.11 Å². The van der Waals surface area contributed by atoms with Crippen molar-refractivity contribution < 1.29 is 19.5 Å². The molecule has 1 aromatic carbocycles. The summed E-state index contributed by atoms with van der Waals surface area (Å²) in [5.74, 6) is -0.982. The molecule has 1 aromatic rings. The van der Waals surface area contributed by atoms with Gasteiger partial charge in [-0.25, -0.2) is 0 Å². The lowest BCUT2D eigenvalue weighted by Crippen LogP contribution is -2.37. The van der Waals surface area contributed by atoms with Crippen LogP contribution in [0.15, 0.2) is 24.3 Å². The van der Waals surface area contributed by atoms with Gasteiger partial charge in [0, 0.05) is 0 Å². The summed E-state index contributed by atoms with van der Waals surface area (Å²) < 4.78 is 0. The molecule has 0 saturated carbocycles. The summed E-state index contributed by atoms with van der Waals surface area (Å²) in [4.78, 5) is 34.4. The number of β-amino-alcohol motifs (C(OH)–C–C–N with tert-alkyl or cyclic N) is 1. The highest BCUT2D eigenvalue weighted by Crippen LogP contribution is 2.22. The first-order valence-electron chi connectivity index (χ1n) is 4.66. The zero-order chi connectivity index (χ0) is 11.7. The van der Waals surface area contributed by atoms with E-state index in [0.717, 1.165) is 4.90 Å². The third-order valence-electron chi connectivity index (χ3n) is 2.37. The van der Waals surface area contributed by atoms with E-state index in [2.05, 4.69) is 0 Å². The summed E-state index contributed by atoms with van der Waals surface area (Å²) in [6.45, 7) is -0.351. The Balaban J connectivity index is 2.31. The Kier molecular flexibility index (Phi) is 2.54. The van der Waals surface area contributed by atoms with Crippen LogP contribution in [0.4, 0.5) is 0 Å². The highest BCUT2D eigenvalue weighted by Gasteiger charge is 2.35. The highest BCUT2D eigenvalue weighted by molar-refractivity contribution is 6.21. The molecule has 1 N–H and O–H groups in total. The van der Waals surface area contributed by atoms with Gasteiger partial charge in [0.15, 0.2) is 0 Å². The number of benzene rings is 1. The largest absolute Gasteiger partial charge is 0.383 e. The summed E-state index contributed by atoms with van der Waals surface area (Å²) in [5.41, 5.74) is 0.594. The van der Waals surface area contributed by atoms with Gasteiger partial charge in [-0.05, 0) is 12.1 Å². The van der Waals surface area contributed by atoms with Crippen molar-refractivity contribution in [3.63, 3.8) is 0 Å². The summed E-state index contributed by atoms with van der Waals surface area (Å²) in [5, 5.41) is 9.06. The average Bonchev–Trinajstić information content (AvgIpc) is 2.55. The number of carbonyl (C=O) groups excluding carboxylic acids is 3. The number of aliphatic hydroxyl groups is 1. The minimum absolute atomic E-state index is 0.297. The Morgan fingerprint density at radius 1 is 1.19 bits per heavy atom. The number of fused-ring (bicyclic) bond motifs is 1. The van der Waals surface area contributed by atoms with Gasteiger partial charge in [0.1, 0.15) is 6.10 Å². The fourth-order valence-corrected chi connectivity index (χ4v) is 1.62. The topological polar surface area (TPSA) is 74.7 Å². The van der Waals surface area contributed by atoms with Crippen LogP contribution < -0.4 is 0 Å². The van der Waals surface area contributed by atoms with Gasteiger partial charge in [-0.15, -0.1) is 0 Å². The van der Waals surface area contributed by atoms with Crippen molar-refractivity contribution in [3.8, 4) is 0 Å². The number of nitrogens with zero attached hydrogens (tertiary/aromatic N) is 1. The van der Waals surface area contributed by atoms with Crippen LogP contribution in [0.1, 0.15) is 20.7 Å². The van der Waals surface area contributed by atoms with Crippen molar-refractivity contribution in [2.24, 2.45) is 0 Å². The van der Waals surface area contributed by atoms with Crippen LogP contribution in [0.5, 0.6) is 0 Å². The van der Waals surface area contributed by atoms with Crippen LogP contribution in [-0.2, 0) is 4.79 Å². The highest BCUT2D eigenvalue weighted by atomic mass is 16.3. The molecular weight excluding hydrogens is 210 g/mol. The molecule has 2 amide bonds. The van der Waals surface area contributed by atoms with Gasteiger partial charge in [-0.3, -0.25) is 19.3 Å².